The van der Waals surface area contributed by atoms with Crippen molar-refractivity contribution in [3.05, 3.63) is 74.8 Å². The van der Waals surface area contributed by atoms with Crippen molar-refractivity contribution in [3.63, 3.8) is 0 Å². The molecule has 2 aromatic carbocycles. The van der Waals surface area contributed by atoms with Crippen LogP contribution < -0.4 is 0 Å². The topological polar surface area (TPSA) is 82.9 Å². The van der Waals surface area contributed by atoms with Crippen molar-refractivity contribution in [1.29, 1.82) is 0 Å². The molecular formula is C25H23BrClN3O3. The summed E-state index contributed by atoms with van der Waals surface area (Å²) in [4.78, 5) is 28.4. The third-order valence-electron chi connectivity index (χ3n) is 5.75. The number of carbonyl (C=O) groups is 2. The van der Waals surface area contributed by atoms with Crippen molar-refractivity contribution in [2.24, 2.45) is 5.10 Å². The normalized spacial score (nSPS) is 15.7. The standard InChI is InChI=1S/C25H23BrClN3O3/c1-15-4-2-5-17-12-18(25(27)28-24(15)17)13-20-14-21(16-8-10-19(26)11-9-16)29-30(20)22(31)6-3-7-23(32)33/h2,4-5,8-12,20H,3,6-7,13-14H2,1H3,(H,32,33)/t20-/m1/s1. The minimum Gasteiger partial charge on any atom is -0.481 e. The number of pyridine rings is 1. The van der Waals surface area contributed by atoms with Crippen LogP contribution in [0.3, 0.4) is 0 Å². The van der Waals surface area contributed by atoms with Gasteiger partial charge in [0, 0.05) is 29.1 Å². The van der Waals surface area contributed by atoms with E-state index in [-0.39, 0.29) is 31.2 Å². The fourth-order valence-corrected chi connectivity index (χ4v) is 4.55. The molecule has 8 heteroatoms. The summed E-state index contributed by atoms with van der Waals surface area (Å²) >= 11 is 9.99. The Morgan fingerprint density at radius 3 is 2.67 bits per heavy atom. The molecule has 0 saturated carbocycles. The largest absolute Gasteiger partial charge is 0.481 e. The van der Waals surface area contributed by atoms with Crippen molar-refractivity contribution >= 4 is 56.0 Å². The van der Waals surface area contributed by atoms with E-state index in [1.807, 2.05) is 55.5 Å². The molecule has 1 aromatic heterocycles. The van der Waals surface area contributed by atoms with Gasteiger partial charge in [0.05, 0.1) is 17.3 Å². The number of para-hydroxylation sites is 1. The number of carboxylic acids is 1. The third kappa shape index (κ3) is 5.42. The van der Waals surface area contributed by atoms with Gasteiger partial charge in [-0.3, -0.25) is 9.59 Å². The van der Waals surface area contributed by atoms with Crippen LogP contribution in [0.4, 0.5) is 0 Å². The van der Waals surface area contributed by atoms with Crippen LogP contribution in [0.15, 0.2) is 58.1 Å². The Balaban J connectivity index is 1.61. The van der Waals surface area contributed by atoms with Gasteiger partial charge in [-0.2, -0.15) is 5.10 Å². The second kappa shape index (κ2) is 10.0. The summed E-state index contributed by atoms with van der Waals surface area (Å²) in [6.07, 6.45) is 1.44. The van der Waals surface area contributed by atoms with E-state index in [1.165, 1.54) is 5.01 Å². The highest BCUT2D eigenvalue weighted by Gasteiger charge is 2.32. The van der Waals surface area contributed by atoms with Gasteiger partial charge in [0.2, 0.25) is 5.91 Å². The number of carbonyl (C=O) groups excluding carboxylic acids is 1. The van der Waals surface area contributed by atoms with Crippen LogP contribution in [0.25, 0.3) is 10.9 Å². The summed E-state index contributed by atoms with van der Waals surface area (Å²) in [5.74, 6) is -1.10. The van der Waals surface area contributed by atoms with Crippen LogP contribution in [0, 0.1) is 6.92 Å². The van der Waals surface area contributed by atoms with Crippen molar-refractivity contribution < 1.29 is 14.7 Å². The summed E-state index contributed by atoms with van der Waals surface area (Å²) in [6, 6.07) is 15.6. The number of aliphatic carboxylic acids is 1. The van der Waals surface area contributed by atoms with Crippen LogP contribution in [0.1, 0.15) is 42.4 Å². The minimum absolute atomic E-state index is 0.0483. The van der Waals surface area contributed by atoms with Gasteiger partial charge < -0.3 is 5.11 Å². The molecule has 0 fully saturated rings. The summed E-state index contributed by atoms with van der Waals surface area (Å²) in [7, 11) is 0. The second-order valence-electron chi connectivity index (χ2n) is 8.19. The lowest BCUT2D eigenvalue weighted by molar-refractivity contribution is -0.137. The lowest BCUT2D eigenvalue weighted by Crippen LogP contribution is -2.34. The zero-order valence-electron chi connectivity index (χ0n) is 18.1. The van der Waals surface area contributed by atoms with Crippen LogP contribution in [0.2, 0.25) is 5.15 Å². The zero-order valence-corrected chi connectivity index (χ0v) is 20.4. The van der Waals surface area contributed by atoms with Crippen LogP contribution in [-0.4, -0.2) is 38.7 Å². The van der Waals surface area contributed by atoms with E-state index in [0.717, 1.165) is 37.8 Å². The van der Waals surface area contributed by atoms with Crippen molar-refractivity contribution in [1.82, 2.24) is 9.99 Å². The minimum atomic E-state index is -0.913. The first-order valence-corrected chi connectivity index (χ1v) is 11.9. The van der Waals surface area contributed by atoms with Crippen molar-refractivity contribution in [3.8, 4) is 0 Å². The molecular weight excluding hydrogens is 506 g/mol. The van der Waals surface area contributed by atoms with Crippen LogP contribution in [0.5, 0.6) is 0 Å². The maximum atomic E-state index is 13.0. The Morgan fingerprint density at radius 1 is 1.18 bits per heavy atom. The quantitative estimate of drug-likeness (QED) is 0.395. The zero-order chi connectivity index (χ0) is 23.5. The van der Waals surface area contributed by atoms with Gasteiger partial charge in [0.1, 0.15) is 5.15 Å². The number of hydrazone groups is 1. The third-order valence-corrected chi connectivity index (χ3v) is 6.60. The highest BCUT2D eigenvalue weighted by atomic mass is 79.9. The van der Waals surface area contributed by atoms with E-state index >= 15 is 0 Å². The number of amides is 1. The first-order chi connectivity index (χ1) is 15.8. The number of fused-ring (bicyclic) bond motifs is 1. The lowest BCUT2D eigenvalue weighted by Gasteiger charge is -2.22. The molecule has 1 amide bonds. The highest BCUT2D eigenvalue weighted by Crippen LogP contribution is 2.29. The van der Waals surface area contributed by atoms with Gasteiger partial charge in [-0.15, -0.1) is 0 Å². The van der Waals surface area contributed by atoms with Crippen LogP contribution >= 0.6 is 27.5 Å². The number of nitrogens with zero attached hydrogens (tertiary/aromatic N) is 3. The molecule has 1 N–H and O–H groups in total. The molecule has 1 atom stereocenters. The second-order valence-corrected chi connectivity index (χ2v) is 9.46. The summed E-state index contributed by atoms with van der Waals surface area (Å²) < 4.78 is 0.965. The smallest absolute Gasteiger partial charge is 0.303 e. The summed E-state index contributed by atoms with van der Waals surface area (Å²) in [6.45, 7) is 2.00. The number of benzene rings is 2. The lowest BCUT2D eigenvalue weighted by atomic mass is 9.98. The number of halogens is 2. The van der Waals surface area contributed by atoms with Gasteiger partial charge in [0.15, 0.2) is 0 Å². The fourth-order valence-electron chi connectivity index (χ4n) is 4.07. The molecule has 0 aliphatic carbocycles. The number of hydrogen-bond donors (Lipinski definition) is 1. The van der Waals surface area contributed by atoms with Gasteiger partial charge in [0.25, 0.3) is 0 Å². The fraction of sp³-hybridized carbons (Fsp3) is 0.280. The first-order valence-electron chi connectivity index (χ1n) is 10.7. The summed E-state index contributed by atoms with van der Waals surface area (Å²) in [5, 5.41) is 16.5. The van der Waals surface area contributed by atoms with Gasteiger partial charge in [-0.1, -0.05) is 57.9 Å². The number of rotatable bonds is 7. The van der Waals surface area contributed by atoms with Crippen LogP contribution in [-0.2, 0) is 16.0 Å². The molecule has 0 spiro atoms. The molecule has 170 valence electrons. The summed E-state index contributed by atoms with van der Waals surface area (Å²) in [5.41, 5.74) is 4.54. The Kier molecular flexibility index (Phi) is 7.10. The Bertz CT molecular complexity index is 1240. The maximum absolute atomic E-state index is 13.0. The van der Waals surface area contributed by atoms with Gasteiger partial charge >= 0.3 is 5.97 Å². The molecule has 2 heterocycles. The maximum Gasteiger partial charge on any atom is 0.303 e. The number of aromatic nitrogens is 1. The van der Waals surface area contributed by atoms with Gasteiger partial charge in [-0.05, 0) is 54.7 Å². The van der Waals surface area contributed by atoms with E-state index < -0.39 is 5.97 Å². The van der Waals surface area contributed by atoms with Crippen molar-refractivity contribution in [2.75, 3.05) is 0 Å². The molecule has 4 rings (SSSR count). The predicted octanol–water partition coefficient (Wildman–Crippen LogP) is 5.76. The molecule has 1 aliphatic heterocycles. The Morgan fingerprint density at radius 2 is 1.94 bits per heavy atom. The molecule has 1 aliphatic rings. The first kappa shape index (κ1) is 23.4. The number of hydrogen-bond acceptors (Lipinski definition) is 4. The SMILES string of the molecule is Cc1cccc2cc(C[C@@H]3CC(c4ccc(Br)cc4)=NN3C(=O)CCCC(=O)O)c(Cl)nc12. The Labute approximate surface area is 205 Å². The predicted molar refractivity (Wildman–Crippen MR) is 133 cm³/mol. The number of aryl methyl sites for hydroxylation is 1. The highest BCUT2D eigenvalue weighted by molar-refractivity contribution is 9.10. The Hall–Kier alpha value is -2.77. The molecule has 0 saturated heterocycles. The molecule has 33 heavy (non-hydrogen) atoms. The van der Waals surface area contributed by atoms with E-state index in [4.69, 9.17) is 16.7 Å². The van der Waals surface area contributed by atoms with E-state index in [1.54, 1.807) is 0 Å². The van der Waals surface area contributed by atoms with Gasteiger partial charge in [-0.25, -0.2) is 9.99 Å². The molecule has 0 radical (unpaired) electrons. The molecule has 6 nitrogen and oxygen atoms in total. The molecule has 0 bridgehead atoms. The average Bonchev–Trinajstić information content (AvgIpc) is 3.19. The number of carboxylic acid groups (broad SMARTS) is 1. The van der Waals surface area contributed by atoms with E-state index in [9.17, 15) is 9.59 Å². The monoisotopic (exact) mass is 527 g/mol. The average molecular weight is 529 g/mol. The molecule has 3 aromatic rings. The molecule has 0 unspecified atom stereocenters. The van der Waals surface area contributed by atoms with Crippen molar-refractivity contribution in [2.45, 2.75) is 45.1 Å². The van der Waals surface area contributed by atoms with E-state index in [0.29, 0.717) is 18.0 Å². The van der Waals surface area contributed by atoms with E-state index in [2.05, 4.69) is 26.0 Å².